The summed E-state index contributed by atoms with van der Waals surface area (Å²) in [5.41, 5.74) is 0.801. The van der Waals surface area contributed by atoms with Gasteiger partial charge in [0.2, 0.25) is 0 Å². The molecule has 1 aromatic carbocycles. The average Bonchev–Trinajstić information content (AvgIpc) is 2.38. The topological polar surface area (TPSA) is 62.6 Å². The summed E-state index contributed by atoms with van der Waals surface area (Å²) in [6.07, 6.45) is 1.57. The molecule has 0 unspecified atom stereocenters. The number of amidine groups is 1. The first kappa shape index (κ1) is 13.3. The van der Waals surface area contributed by atoms with E-state index in [0.717, 1.165) is 10.2 Å². The van der Waals surface area contributed by atoms with Crippen LogP contribution in [0.3, 0.4) is 0 Å². The predicted octanol–water partition coefficient (Wildman–Crippen LogP) is 3.10. The third-order valence-corrected chi connectivity index (χ3v) is 4.76. The van der Waals surface area contributed by atoms with E-state index >= 15 is 0 Å². The van der Waals surface area contributed by atoms with Gasteiger partial charge in [0.1, 0.15) is 10.7 Å². The molecule has 0 amide bonds. The minimum absolute atomic E-state index is 0.116. The molecule has 0 spiro atoms. The number of halogens is 1. The van der Waals surface area contributed by atoms with Gasteiger partial charge in [0.25, 0.3) is 10.0 Å². The molecule has 0 aliphatic carbocycles. The number of aromatic nitrogens is 1. The Morgan fingerprint density at radius 3 is 2.75 bits per heavy atom. The highest BCUT2D eigenvalue weighted by Crippen LogP contribution is 2.35. The van der Waals surface area contributed by atoms with Gasteiger partial charge in [-0.1, -0.05) is 22.0 Å². The normalized spacial score (nSPS) is 16.5. The van der Waals surface area contributed by atoms with Crippen molar-refractivity contribution in [3.63, 3.8) is 0 Å². The van der Waals surface area contributed by atoms with E-state index in [0.29, 0.717) is 11.7 Å². The molecule has 2 heterocycles. The lowest BCUT2D eigenvalue weighted by Gasteiger charge is -2.28. The van der Waals surface area contributed by atoms with Gasteiger partial charge in [-0.3, -0.25) is 4.90 Å². The third kappa shape index (κ3) is 2.12. The molecule has 0 atom stereocenters. The lowest BCUT2D eigenvalue weighted by Crippen LogP contribution is -2.30. The zero-order chi connectivity index (χ0) is 14.3. The van der Waals surface area contributed by atoms with Crippen molar-refractivity contribution in [2.24, 2.45) is 4.40 Å². The van der Waals surface area contributed by atoms with Crippen LogP contribution in [0.5, 0.6) is 0 Å². The monoisotopic (exact) mass is 351 g/mol. The quantitative estimate of drug-likeness (QED) is 0.791. The van der Waals surface area contributed by atoms with Crippen LogP contribution in [0.15, 0.2) is 56.4 Å². The number of nitrogens with zero attached hydrogens (tertiary/aromatic N) is 3. The van der Waals surface area contributed by atoms with Crippen molar-refractivity contribution < 1.29 is 8.42 Å². The molecule has 1 aliphatic rings. The van der Waals surface area contributed by atoms with Crippen molar-refractivity contribution in [1.82, 2.24) is 4.98 Å². The van der Waals surface area contributed by atoms with Gasteiger partial charge in [-0.15, -0.1) is 4.40 Å². The summed E-state index contributed by atoms with van der Waals surface area (Å²) in [6.45, 7) is 1.65. The fourth-order valence-corrected chi connectivity index (χ4v) is 3.63. The molecule has 20 heavy (non-hydrogen) atoms. The van der Waals surface area contributed by atoms with Crippen LogP contribution in [0.1, 0.15) is 6.92 Å². The van der Waals surface area contributed by atoms with Crippen molar-refractivity contribution >= 4 is 43.3 Å². The molecule has 0 bridgehead atoms. The van der Waals surface area contributed by atoms with E-state index in [2.05, 4.69) is 25.3 Å². The summed E-state index contributed by atoms with van der Waals surface area (Å²) < 4.78 is 28.8. The molecule has 0 N–H and O–H groups in total. The summed E-state index contributed by atoms with van der Waals surface area (Å²) in [5, 5.41) is 0. The SMILES string of the molecule is CC1=NS(=O)(=O)c2cccnc2N1c1cccc(Br)c1. The zero-order valence-electron chi connectivity index (χ0n) is 10.5. The van der Waals surface area contributed by atoms with E-state index in [4.69, 9.17) is 0 Å². The van der Waals surface area contributed by atoms with Crippen LogP contribution in [-0.4, -0.2) is 19.2 Å². The lowest BCUT2D eigenvalue weighted by molar-refractivity contribution is 0.597. The first-order chi connectivity index (χ1) is 9.49. The minimum atomic E-state index is -3.67. The van der Waals surface area contributed by atoms with E-state index in [1.807, 2.05) is 24.3 Å². The van der Waals surface area contributed by atoms with Crippen LogP contribution in [0, 0.1) is 0 Å². The van der Waals surface area contributed by atoms with E-state index in [1.54, 1.807) is 24.1 Å². The Morgan fingerprint density at radius 2 is 2.00 bits per heavy atom. The van der Waals surface area contributed by atoms with Crippen molar-refractivity contribution in [1.29, 1.82) is 0 Å². The van der Waals surface area contributed by atoms with Gasteiger partial charge in [-0.2, -0.15) is 8.42 Å². The average molecular weight is 352 g/mol. The second kappa shape index (κ2) is 4.68. The number of fused-ring (bicyclic) bond motifs is 1. The molecule has 3 rings (SSSR count). The molecular formula is C13H10BrN3O2S. The van der Waals surface area contributed by atoms with E-state index in [9.17, 15) is 8.42 Å². The summed E-state index contributed by atoms with van der Waals surface area (Å²) >= 11 is 3.41. The second-order valence-corrected chi connectivity index (χ2v) is 6.74. The minimum Gasteiger partial charge on any atom is -0.281 e. The fraction of sp³-hybridized carbons (Fsp3) is 0.0769. The number of hydrogen-bond acceptors (Lipinski definition) is 4. The van der Waals surface area contributed by atoms with E-state index in [-0.39, 0.29) is 4.90 Å². The van der Waals surface area contributed by atoms with Crippen LogP contribution < -0.4 is 4.90 Å². The molecule has 102 valence electrons. The first-order valence-corrected chi connectivity index (χ1v) is 8.05. The summed E-state index contributed by atoms with van der Waals surface area (Å²) in [6, 6.07) is 10.6. The number of rotatable bonds is 1. The molecule has 0 saturated heterocycles. The van der Waals surface area contributed by atoms with Crippen molar-refractivity contribution in [2.45, 2.75) is 11.8 Å². The Labute approximate surface area is 125 Å². The Morgan fingerprint density at radius 1 is 1.20 bits per heavy atom. The summed E-state index contributed by atoms with van der Waals surface area (Å²) in [5.74, 6) is 0.743. The van der Waals surface area contributed by atoms with Crippen LogP contribution in [0.25, 0.3) is 0 Å². The van der Waals surface area contributed by atoms with Gasteiger partial charge in [0.15, 0.2) is 5.82 Å². The molecule has 1 aromatic heterocycles. The van der Waals surface area contributed by atoms with Gasteiger partial charge in [0, 0.05) is 16.4 Å². The van der Waals surface area contributed by atoms with Crippen LogP contribution >= 0.6 is 15.9 Å². The maximum absolute atomic E-state index is 12.1. The summed E-state index contributed by atoms with van der Waals surface area (Å²) in [4.78, 5) is 6.04. The molecule has 0 fully saturated rings. The number of anilines is 2. The number of hydrogen-bond donors (Lipinski definition) is 0. The largest absolute Gasteiger partial charge is 0.287 e. The van der Waals surface area contributed by atoms with E-state index in [1.165, 1.54) is 6.07 Å². The van der Waals surface area contributed by atoms with Crippen molar-refractivity contribution in [2.75, 3.05) is 4.90 Å². The molecule has 5 nitrogen and oxygen atoms in total. The van der Waals surface area contributed by atoms with Gasteiger partial charge in [0.05, 0.1) is 0 Å². The Hall–Kier alpha value is -1.73. The Kier molecular flexibility index (Phi) is 3.10. The first-order valence-electron chi connectivity index (χ1n) is 5.81. The highest BCUT2D eigenvalue weighted by atomic mass is 79.9. The molecule has 0 radical (unpaired) electrons. The number of pyridine rings is 1. The van der Waals surface area contributed by atoms with Crippen LogP contribution in [-0.2, 0) is 10.0 Å². The maximum atomic E-state index is 12.1. The van der Waals surface area contributed by atoms with Gasteiger partial charge < -0.3 is 0 Å². The molecule has 0 saturated carbocycles. The Balaban J connectivity index is 2.27. The van der Waals surface area contributed by atoms with Crippen LogP contribution in [0.4, 0.5) is 11.5 Å². The Bertz CT molecular complexity index is 818. The molecule has 7 heteroatoms. The maximum Gasteiger partial charge on any atom is 0.287 e. The van der Waals surface area contributed by atoms with Gasteiger partial charge in [-0.25, -0.2) is 4.98 Å². The summed E-state index contributed by atoms with van der Waals surface area (Å²) in [7, 11) is -3.67. The molecular weight excluding hydrogens is 342 g/mol. The standard InChI is InChI=1S/C13H10BrN3O2S/c1-9-16-20(18,19)12-6-3-7-15-13(12)17(9)11-5-2-4-10(14)8-11/h2-8H,1H3. The lowest BCUT2D eigenvalue weighted by atomic mass is 10.2. The van der Waals surface area contributed by atoms with Gasteiger partial charge >= 0.3 is 0 Å². The fourth-order valence-electron chi connectivity index (χ4n) is 2.09. The van der Waals surface area contributed by atoms with E-state index < -0.39 is 10.0 Å². The smallest absolute Gasteiger partial charge is 0.281 e. The van der Waals surface area contributed by atoms with Crippen LogP contribution in [0.2, 0.25) is 0 Å². The highest BCUT2D eigenvalue weighted by Gasteiger charge is 2.30. The van der Waals surface area contributed by atoms with Crippen molar-refractivity contribution in [3.05, 3.63) is 47.1 Å². The molecule has 1 aliphatic heterocycles. The van der Waals surface area contributed by atoms with Crippen molar-refractivity contribution in [3.8, 4) is 0 Å². The molecule has 2 aromatic rings. The zero-order valence-corrected chi connectivity index (χ0v) is 12.9. The second-order valence-electron chi connectivity index (χ2n) is 4.25. The number of benzene rings is 1. The highest BCUT2D eigenvalue weighted by molar-refractivity contribution is 9.10. The van der Waals surface area contributed by atoms with Gasteiger partial charge in [-0.05, 0) is 37.3 Å². The predicted molar refractivity (Wildman–Crippen MR) is 80.8 cm³/mol. The third-order valence-electron chi connectivity index (χ3n) is 2.88. The number of sulfonamides is 1.